The molecule has 0 bridgehead atoms. The summed E-state index contributed by atoms with van der Waals surface area (Å²) in [4.78, 5) is 41.2. The SMILES string of the molecule is O=C(CC[C@@H]1NC(=O)N(CCc2c[nH]c3ccc(Cl)cc23)C1=O)NCc1ccco1. The molecule has 1 aliphatic rings. The molecule has 30 heavy (non-hydrogen) atoms. The van der Waals surface area contributed by atoms with E-state index in [9.17, 15) is 14.4 Å². The van der Waals surface area contributed by atoms with E-state index in [1.807, 2.05) is 18.3 Å². The van der Waals surface area contributed by atoms with Crippen molar-refractivity contribution in [3.8, 4) is 0 Å². The molecule has 1 atom stereocenters. The standard InChI is InChI=1S/C21H21ClN4O4/c22-14-3-4-17-16(10-14)13(11-23-17)7-8-26-20(28)18(25-21(26)29)5-6-19(27)24-12-15-2-1-9-30-15/h1-4,9-11,18,23H,5-8,12H2,(H,24,27)(H,25,29)/t18-/m0/s1. The van der Waals surface area contributed by atoms with Crippen LogP contribution in [0.4, 0.5) is 4.79 Å². The molecule has 4 amide bonds. The summed E-state index contributed by atoms with van der Waals surface area (Å²) in [5.41, 5.74) is 1.93. The predicted octanol–water partition coefficient (Wildman–Crippen LogP) is 2.97. The maximum atomic E-state index is 12.6. The second kappa shape index (κ2) is 8.62. The Morgan fingerprint density at radius 1 is 1.27 bits per heavy atom. The number of aromatic amines is 1. The molecule has 8 nitrogen and oxygen atoms in total. The minimum absolute atomic E-state index is 0.131. The van der Waals surface area contributed by atoms with Gasteiger partial charge in [0.2, 0.25) is 5.91 Å². The summed E-state index contributed by atoms with van der Waals surface area (Å²) >= 11 is 6.07. The number of carbonyl (C=O) groups excluding carboxylic acids is 3. The lowest BCUT2D eigenvalue weighted by molar-refractivity contribution is -0.127. The fraction of sp³-hybridized carbons (Fsp3) is 0.286. The summed E-state index contributed by atoms with van der Waals surface area (Å²) in [5.74, 6) is 0.137. The smallest absolute Gasteiger partial charge is 0.324 e. The van der Waals surface area contributed by atoms with Gasteiger partial charge in [-0.2, -0.15) is 0 Å². The van der Waals surface area contributed by atoms with Crippen molar-refractivity contribution >= 4 is 40.3 Å². The monoisotopic (exact) mass is 428 g/mol. The third-order valence-corrected chi connectivity index (χ3v) is 5.38. The van der Waals surface area contributed by atoms with E-state index in [0.29, 0.717) is 17.2 Å². The molecule has 0 saturated carbocycles. The summed E-state index contributed by atoms with van der Waals surface area (Å²) in [5, 5.41) is 6.99. The van der Waals surface area contributed by atoms with Crippen LogP contribution in [-0.4, -0.2) is 40.3 Å². The summed E-state index contributed by atoms with van der Waals surface area (Å²) in [6.45, 7) is 0.545. The number of nitrogens with zero attached hydrogens (tertiary/aromatic N) is 1. The number of urea groups is 1. The molecule has 1 saturated heterocycles. The molecule has 0 spiro atoms. The van der Waals surface area contributed by atoms with E-state index < -0.39 is 12.1 Å². The van der Waals surface area contributed by atoms with Gasteiger partial charge < -0.3 is 20.0 Å². The molecule has 1 fully saturated rings. The molecule has 3 aromatic rings. The van der Waals surface area contributed by atoms with Crippen LogP contribution in [-0.2, 0) is 22.6 Å². The highest BCUT2D eigenvalue weighted by Gasteiger charge is 2.37. The third kappa shape index (κ3) is 4.33. The first kappa shape index (κ1) is 20.0. The number of nitrogens with one attached hydrogen (secondary N) is 3. The molecule has 4 rings (SSSR count). The second-order valence-electron chi connectivity index (χ2n) is 7.14. The Balaban J connectivity index is 1.29. The Kier molecular flexibility index (Phi) is 5.76. The van der Waals surface area contributed by atoms with Crippen molar-refractivity contribution in [2.45, 2.75) is 31.8 Å². The minimum Gasteiger partial charge on any atom is -0.467 e. The van der Waals surface area contributed by atoms with Gasteiger partial charge in [-0.1, -0.05) is 11.6 Å². The van der Waals surface area contributed by atoms with Crippen LogP contribution in [0.3, 0.4) is 0 Å². The van der Waals surface area contributed by atoms with E-state index in [1.165, 1.54) is 11.2 Å². The Morgan fingerprint density at radius 2 is 2.13 bits per heavy atom. The molecular weight excluding hydrogens is 408 g/mol. The molecule has 156 valence electrons. The average molecular weight is 429 g/mol. The van der Waals surface area contributed by atoms with Gasteiger partial charge in [0.25, 0.3) is 5.91 Å². The first-order chi connectivity index (χ1) is 14.5. The molecule has 1 aliphatic heterocycles. The zero-order chi connectivity index (χ0) is 21.1. The van der Waals surface area contributed by atoms with Crippen LogP contribution in [0.1, 0.15) is 24.2 Å². The Hall–Kier alpha value is -3.26. The summed E-state index contributed by atoms with van der Waals surface area (Å²) in [6.07, 6.45) is 4.28. The quantitative estimate of drug-likeness (QED) is 0.479. The Labute approximate surface area is 177 Å². The van der Waals surface area contributed by atoms with Crippen molar-refractivity contribution < 1.29 is 18.8 Å². The van der Waals surface area contributed by atoms with E-state index >= 15 is 0 Å². The molecule has 0 unspecified atom stereocenters. The van der Waals surface area contributed by atoms with Gasteiger partial charge in [-0.05, 0) is 48.7 Å². The number of fused-ring (bicyclic) bond motifs is 1. The van der Waals surface area contributed by atoms with E-state index in [-0.39, 0.29) is 37.7 Å². The zero-order valence-electron chi connectivity index (χ0n) is 16.1. The minimum atomic E-state index is -0.690. The van der Waals surface area contributed by atoms with Crippen molar-refractivity contribution in [3.05, 3.63) is 59.1 Å². The van der Waals surface area contributed by atoms with Crippen LogP contribution in [0.15, 0.2) is 47.2 Å². The summed E-state index contributed by atoms with van der Waals surface area (Å²) in [7, 11) is 0. The van der Waals surface area contributed by atoms with Gasteiger partial charge in [-0.25, -0.2) is 4.79 Å². The number of rotatable bonds is 8. The fourth-order valence-electron chi connectivity index (χ4n) is 3.54. The molecular formula is C21H21ClN4O4. The van der Waals surface area contributed by atoms with Gasteiger partial charge in [-0.3, -0.25) is 14.5 Å². The van der Waals surface area contributed by atoms with Crippen molar-refractivity contribution in [3.63, 3.8) is 0 Å². The van der Waals surface area contributed by atoms with Crippen LogP contribution in [0, 0.1) is 0 Å². The number of furan rings is 1. The van der Waals surface area contributed by atoms with Gasteiger partial charge in [0.1, 0.15) is 11.8 Å². The normalized spacial score (nSPS) is 16.3. The molecule has 3 heterocycles. The Morgan fingerprint density at radius 3 is 2.93 bits per heavy atom. The maximum Gasteiger partial charge on any atom is 0.324 e. The van der Waals surface area contributed by atoms with Crippen LogP contribution in [0.2, 0.25) is 5.02 Å². The first-order valence-electron chi connectivity index (χ1n) is 9.68. The lowest BCUT2D eigenvalue weighted by Crippen LogP contribution is -2.33. The lowest BCUT2D eigenvalue weighted by Gasteiger charge is -2.12. The largest absolute Gasteiger partial charge is 0.467 e. The number of benzene rings is 1. The lowest BCUT2D eigenvalue weighted by atomic mass is 10.1. The van der Waals surface area contributed by atoms with Gasteiger partial charge in [0.15, 0.2) is 0 Å². The van der Waals surface area contributed by atoms with Crippen LogP contribution < -0.4 is 10.6 Å². The molecule has 3 N–H and O–H groups in total. The summed E-state index contributed by atoms with van der Waals surface area (Å²) < 4.78 is 5.16. The number of imide groups is 1. The van der Waals surface area contributed by atoms with E-state index in [4.69, 9.17) is 16.0 Å². The molecule has 2 aromatic heterocycles. The molecule has 9 heteroatoms. The topological polar surface area (TPSA) is 107 Å². The predicted molar refractivity (Wildman–Crippen MR) is 111 cm³/mol. The van der Waals surface area contributed by atoms with E-state index in [1.54, 1.807) is 18.2 Å². The fourth-order valence-corrected chi connectivity index (χ4v) is 3.71. The van der Waals surface area contributed by atoms with Gasteiger partial charge in [-0.15, -0.1) is 0 Å². The van der Waals surface area contributed by atoms with Gasteiger partial charge in [0, 0.05) is 35.1 Å². The zero-order valence-corrected chi connectivity index (χ0v) is 16.9. The highest BCUT2D eigenvalue weighted by Crippen LogP contribution is 2.23. The first-order valence-corrected chi connectivity index (χ1v) is 10.1. The van der Waals surface area contributed by atoms with E-state index in [0.717, 1.165) is 16.5 Å². The van der Waals surface area contributed by atoms with Crippen molar-refractivity contribution in [2.24, 2.45) is 0 Å². The second-order valence-corrected chi connectivity index (χ2v) is 7.58. The number of carbonyl (C=O) groups is 3. The van der Waals surface area contributed by atoms with Gasteiger partial charge in [0.05, 0.1) is 12.8 Å². The van der Waals surface area contributed by atoms with Crippen molar-refractivity contribution in [1.82, 2.24) is 20.5 Å². The average Bonchev–Trinajstić information content (AvgIpc) is 3.44. The highest BCUT2D eigenvalue weighted by atomic mass is 35.5. The molecule has 0 aliphatic carbocycles. The van der Waals surface area contributed by atoms with Crippen LogP contribution >= 0.6 is 11.6 Å². The number of hydrogen-bond donors (Lipinski definition) is 3. The van der Waals surface area contributed by atoms with Crippen molar-refractivity contribution in [1.29, 1.82) is 0 Å². The van der Waals surface area contributed by atoms with Crippen molar-refractivity contribution in [2.75, 3.05) is 6.54 Å². The Bertz CT molecular complexity index is 1080. The maximum absolute atomic E-state index is 12.6. The van der Waals surface area contributed by atoms with Gasteiger partial charge >= 0.3 is 6.03 Å². The molecule has 0 radical (unpaired) electrons. The summed E-state index contributed by atoms with van der Waals surface area (Å²) in [6, 6.07) is 7.94. The van der Waals surface area contributed by atoms with Crippen LogP contribution in [0.5, 0.6) is 0 Å². The van der Waals surface area contributed by atoms with E-state index in [2.05, 4.69) is 15.6 Å². The molecule has 1 aromatic carbocycles. The number of amides is 4. The number of hydrogen-bond acceptors (Lipinski definition) is 4. The highest BCUT2D eigenvalue weighted by molar-refractivity contribution is 6.31. The number of aromatic nitrogens is 1. The number of halogens is 1. The number of H-pyrrole nitrogens is 1. The third-order valence-electron chi connectivity index (χ3n) is 5.14. The van der Waals surface area contributed by atoms with Crippen LogP contribution in [0.25, 0.3) is 10.9 Å².